The lowest BCUT2D eigenvalue weighted by molar-refractivity contribution is -0.392. The fourth-order valence-corrected chi connectivity index (χ4v) is 1.37. The van der Waals surface area contributed by atoms with Crippen molar-refractivity contribution >= 4 is 11.6 Å². The second-order valence-corrected chi connectivity index (χ2v) is 3.66. The lowest BCUT2D eigenvalue weighted by Gasteiger charge is -2.05. The maximum absolute atomic E-state index is 12.5. The summed E-state index contributed by atoms with van der Waals surface area (Å²) in [6, 6.07) is 0. The molecule has 1 rings (SSSR count). The normalized spacial score (nSPS) is 11.6. The van der Waals surface area contributed by atoms with E-state index in [1.165, 1.54) is 0 Å². The van der Waals surface area contributed by atoms with Crippen molar-refractivity contribution in [1.82, 2.24) is 9.55 Å². The van der Waals surface area contributed by atoms with Gasteiger partial charge in [-0.25, -0.2) is 13.9 Å². The van der Waals surface area contributed by atoms with Crippen LogP contribution in [0.15, 0.2) is 6.20 Å². The zero-order valence-corrected chi connectivity index (χ0v) is 9.48. The van der Waals surface area contributed by atoms with Crippen LogP contribution < -0.4 is 0 Å². The second-order valence-electron chi connectivity index (χ2n) is 3.66. The molecule has 0 aliphatic rings. The van der Waals surface area contributed by atoms with Gasteiger partial charge in [0.2, 0.25) is 5.82 Å². The highest BCUT2D eigenvalue weighted by molar-refractivity contribution is 5.78. The molecule has 0 radical (unpaired) electrons. The van der Waals surface area contributed by atoms with Gasteiger partial charge in [-0.2, -0.15) is 13.2 Å². The first kappa shape index (κ1) is 15.1. The van der Waals surface area contributed by atoms with Gasteiger partial charge >= 0.3 is 12.0 Å². The van der Waals surface area contributed by atoms with E-state index >= 15 is 0 Å². The van der Waals surface area contributed by atoms with Gasteiger partial charge in [-0.05, 0) is 4.92 Å². The number of nitrogens with zero attached hydrogens (tertiary/aromatic N) is 3. The Balaban J connectivity index is 2.78. The molecule has 6 nitrogen and oxygen atoms in total. The highest BCUT2D eigenvalue weighted by Gasteiger charge is 2.29. The summed E-state index contributed by atoms with van der Waals surface area (Å²) in [7, 11) is 0. The summed E-state index contributed by atoms with van der Waals surface area (Å²) in [6.45, 7) is -1.86. The highest BCUT2D eigenvalue weighted by atomic mass is 19.4. The molecule has 106 valence electrons. The van der Waals surface area contributed by atoms with Crippen LogP contribution in [-0.2, 0) is 18.0 Å². The Morgan fingerprint density at radius 3 is 2.58 bits per heavy atom. The number of nitro groups is 1. The Kier molecular flexibility index (Phi) is 4.57. The van der Waals surface area contributed by atoms with Crippen LogP contribution in [0, 0.1) is 10.1 Å². The maximum atomic E-state index is 12.5. The molecule has 1 aromatic rings. The number of hydrogen-bond acceptors (Lipinski definition) is 4. The van der Waals surface area contributed by atoms with E-state index in [2.05, 4.69) is 4.98 Å². The average Bonchev–Trinajstić information content (AvgIpc) is 2.68. The van der Waals surface area contributed by atoms with Gasteiger partial charge in [0, 0.05) is 6.42 Å². The first-order valence-electron chi connectivity index (χ1n) is 5.08. The first-order valence-corrected chi connectivity index (χ1v) is 5.08. The van der Waals surface area contributed by atoms with E-state index in [0.717, 1.165) is 6.20 Å². The second kappa shape index (κ2) is 5.76. The molecule has 0 saturated heterocycles. The van der Waals surface area contributed by atoms with Crippen LogP contribution >= 0.6 is 0 Å². The molecule has 0 aliphatic heterocycles. The van der Waals surface area contributed by atoms with Gasteiger partial charge in [0.05, 0.1) is 6.42 Å². The average molecular weight is 283 g/mol. The molecule has 19 heavy (non-hydrogen) atoms. The standard InChI is InChI=1S/C9H9F4N3O3/c10-3-7-14-4-8(16(18)19)15(7)5-6(17)1-2-9(11,12)13/h4H,1-3,5H2. The van der Waals surface area contributed by atoms with Crippen LogP contribution in [0.1, 0.15) is 18.7 Å². The summed E-state index contributed by atoms with van der Waals surface area (Å²) in [6.07, 6.45) is -5.87. The van der Waals surface area contributed by atoms with Gasteiger partial charge in [-0.3, -0.25) is 4.79 Å². The zero-order valence-electron chi connectivity index (χ0n) is 9.48. The number of hydrogen-bond donors (Lipinski definition) is 0. The van der Waals surface area contributed by atoms with Crippen LogP contribution in [-0.4, -0.2) is 26.4 Å². The summed E-state index contributed by atoms with van der Waals surface area (Å²) in [5.41, 5.74) is 0. The predicted molar refractivity (Wildman–Crippen MR) is 54.0 cm³/mol. The number of halogens is 4. The molecule has 0 amide bonds. The largest absolute Gasteiger partial charge is 0.389 e. The molecule has 1 heterocycles. The predicted octanol–water partition coefficient (Wildman–Crippen LogP) is 2.17. The molecule has 0 atom stereocenters. The minimum atomic E-state index is -4.49. The number of rotatable bonds is 6. The van der Waals surface area contributed by atoms with E-state index in [4.69, 9.17) is 0 Å². The number of aromatic nitrogens is 2. The lowest BCUT2D eigenvalue weighted by Crippen LogP contribution is -2.17. The Morgan fingerprint density at radius 1 is 1.47 bits per heavy atom. The third-order valence-electron chi connectivity index (χ3n) is 2.25. The number of carbonyl (C=O) groups is 1. The van der Waals surface area contributed by atoms with E-state index in [1.807, 2.05) is 0 Å². The van der Waals surface area contributed by atoms with Gasteiger partial charge in [0.15, 0.2) is 19.0 Å². The van der Waals surface area contributed by atoms with E-state index in [-0.39, 0.29) is 5.82 Å². The Bertz CT molecular complexity index is 484. The van der Waals surface area contributed by atoms with Crippen molar-refractivity contribution in [2.24, 2.45) is 0 Å². The van der Waals surface area contributed by atoms with Crippen molar-refractivity contribution in [2.45, 2.75) is 32.2 Å². The summed E-state index contributed by atoms with van der Waals surface area (Å²) in [5, 5.41) is 10.6. The molecule has 0 fully saturated rings. The summed E-state index contributed by atoms with van der Waals surface area (Å²) in [4.78, 5) is 24.4. The molecule has 0 saturated carbocycles. The smallest absolute Gasteiger partial charge is 0.358 e. The molecule has 0 aliphatic carbocycles. The molecule has 0 unspecified atom stereocenters. The number of Topliss-reactive ketones (excluding diaryl/α,β-unsaturated/α-hetero) is 1. The molecule has 1 aromatic heterocycles. The zero-order chi connectivity index (χ0) is 14.6. The third kappa shape index (κ3) is 4.30. The van der Waals surface area contributed by atoms with Gasteiger partial charge < -0.3 is 10.1 Å². The molecular weight excluding hydrogens is 274 g/mol. The van der Waals surface area contributed by atoms with Crippen molar-refractivity contribution in [2.75, 3.05) is 0 Å². The van der Waals surface area contributed by atoms with Crippen molar-refractivity contribution < 1.29 is 27.3 Å². The third-order valence-corrected chi connectivity index (χ3v) is 2.25. The van der Waals surface area contributed by atoms with E-state index in [0.29, 0.717) is 4.57 Å². The molecule has 0 bridgehead atoms. The summed E-state index contributed by atoms with van der Waals surface area (Å²) >= 11 is 0. The molecule has 0 aromatic carbocycles. The van der Waals surface area contributed by atoms with Crippen molar-refractivity contribution in [3.05, 3.63) is 22.1 Å². The van der Waals surface area contributed by atoms with Crippen LogP contribution in [0.5, 0.6) is 0 Å². The van der Waals surface area contributed by atoms with Gasteiger partial charge in [-0.1, -0.05) is 0 Å². The van der Waals surface area contributed by atoms with Crippen molar-refractivity contribution in [3.63, 3.8) is 0 Å². The van der Waals surface area contributed by atoms with Gasteiger partial charge in [0.1, 0.15) is 6.20 Å². The number of ketones is 1. The van der Waals surface area contributed by atoms with Gasteiger partial charge in [0.25, 0.3) is 0 Å². The Labute approximate surface area is 104 Å². The Morgan fingerprint density at radius 2 is 2.11 bits per heavy atom. The summed E-state index contributed by atoms with van der Waals surface area (Å²) < 4.78 is 48.9. The molecular formula is C9H9F4N3O3. The number of carbonyl (C=O) groups excluding carboxylic acids is 1. The van der Waals surface area contributed by atoms with Crippen LogP contribution in [0.25, 0.3) is 0 Å². The van der Waals surface area contributed by atoms with Crippen LogP contribution in [0.4, 0.5) is 23.4 Å². The van der Waals surface area contributed by atoms with E-state index in [1.54, 1.807) is 0 Å². The van der Waals surface area contributed by atoms with E-state index in [9.17, 15) is 32.5 Å². The topological polar surface area (TPSA) is 78.0 Å². The SMILES string of the molecule is O=C(CCC(F)(F)F)Cn1c([N+](=O)[O-])cnc1CF. The molecule has 0 N–H and O–H groups in total. The van der Waals surface area contributed by atoms with Crippen molar-refractivity contribution in [3.8, 4) is 0 Å². The number of alkyl halides is 4. The van der Waals surface area contributed by atoms with E-state index < -0.39 is 48.8 Å². The van der Waals surface area contributed by atoms with Gasteiger partial charge in [-0.15, -0.1) is 0 Å². The minimum absolute atomic E-state index is 0.368. The maximum Gasteiger partial charge on any atom is 0.389 e. The Hall–Kier alpha value is -2.00. The first-order chi connectivity index (χ1) is 8.74. The van der Waals surface area contributed by atoms with Crippen LogP contribution in [0.3, 0.4) is 0 Å². The summed E-state index contributed by atoms with van der Waals surface area (Å²) in [5.74, 6) is -1.88. The fraction of sp³-hybridized carbons (Fsp3) is 0.556. The van der Waals surface area contributed by atoms with Crippen LogP contribution in [0.2, 0.25) is 0 Å². The quantitative estimate of drug-likeness (QED) is 0.455. The fourth-order valence-electron chi connectivity index (χ4n) is 1.37. The molecule has 0 spiro atoms. The highest BCUT2D eigenvalue weighted by Crippen LogP contribution is 2.22. The molecule has 10 heteroatoms. The number of imidazole rings is 1. The lowest BCUT2D eigenvalue weighted by atomic mass is 10.2. The monoisotopic (exact) mass is 283 g/mol. The minimum Gasteiger partial charge on any atom is -0.358 e. The van der Waals surface area contributed by atoms with Crippen molar-refractivity contribution in [1.29, 1.82) is 0 Å².